The summed E-state index contributed by atoms with van der Waals surface area (Å²) in [7, 11) is 2.20. The van der Waals surface area contributed by atoms with Crippen LogP contribution in [0.2, 0.25) is 0 Å². The number of benzene rings is 4. The topological polar surface area (TPSA) is 32.6 Å². The summed E-state index contributed by atoms with van der Waals surface area (Å²) < 4.78 is 6.82. The Balaban J connectivity index is 1.21. The van der Waals surface area contributed by atoms with Crippen molar-refractivity contribution in [3.05, 3.63) is 145 Å². The van der Waals surface area contributed by atoms with E-state index >= 15 is 0 Å². The highest BCUT2D eigenvalue weighted by atomic mass is 16.3. The van der Waals surface area contributed by atoms with E-state index in [-0.39, 0.29) is 18.5 Å². The molecule has 0 radical (unpaired) electrons. The zero-order valence-electron chi connectivity index (χ0n) is 27.3. The minimum atomic E-state index is -0.0481. The summed E-state index contributed by atoms with van der Waals surface area (Å²) in [5.74, 6) is 0. The molecule has 6 heterocycles. The van der Waals surface area contributed by atoms with E-state index in [0.717, 1.165) is 53.6 Å². The number of furan rings is 1. The monoisotopic (exact) mass is 630 g/mol. The van der Waals surface area contributed by atoms with Crippen molar-refractivity contribution in [2.24, 2.45) is 0 Å². The first-order valence-electron chi connectivity index (χ1n) is 17.1. The quantitative estimate of drug-likeness (QED) is 0.171. The zero-order chi connectivity index (χ0) is 31.9. The average Bonchev–Trinajstić information content (AvgIpc) is 3.89. The second kappa shape index (κ2) is 10.5. The lowest BCUT2D eigenvalue weighted by atomic mass is 9.93. The first-order chi connectivity index (χ1) is 23.6. The van der Waals surface area contributed by atoms with Crippen LogP contribution in [0.15, 0.2) is 133 Å². The van der Waals surface area contributed by atoms with Gasteiger partial charge in [-0.25, -0.2) is 0 Å². The number of anilines is 3. The molecule has 5 aliphatic heterocycles. The highest BCUT2D eigenvalue weighted by Gasteiger charge is 2.39. The van der Waals surface area contributed by atoms with Crippen LogP contribution in [0.3, 0.4) is 0 Å². The van der Waals surface area contributed by atoms with Crippen molar-refractivity contribution in [1.82, 2.24) is 14.7 Å². The summed E-state index contributed by atoms with van der Waals surface area (Å²) in [4.78, 5) is 14.7. The average molecular weight is 631 g/mol. The second-order valence-electron chi connectivity index (χ2n) is 13.5. The first kappa shape index (κ1) is 27.5. The maximum Gasteiger partial charge on any atom is 0.159 e. The normalized spacial score (nSPS) is 22.7. The van der Waals surface area contributed by atoms with Crippen molar-refractivity contribution in [3.63, 3.8) is 0 Å². The summed E-state index contributed by atoms with van der Waals surface area (Å²) in [5.41, 5.74) is 10.6. The molecule has 7 heteroatoms. The molecule has 1 aromatic heterocycles. The van der Waals surface area contributed by atoms with Gasteiger partial charge < -0.3 is 33.8 Å². The van der Waals surface area contributed by atoms with Crippen LogP contribution in [-0.2, 0) is 6.42 Å². The summed E-state index contributed by atoms with van der Waals surface area (Å²) in [6, 6.07) is 30.8. The fraction of sp³-hybridized carbons (Fsp3) is 0.220. The fourth-order valence-corrected chi connectivity index (χ4v) is 8.52. The molecule has 0 aliphatic carbocycles. The van der Waals surface area contributed by atoms with Gasteiger partial charge in [-0.15, -0.1) is 0 Å². The third-order valence-corrected chi connectivity index (χ3v) is 10.9. The van der Waals surface area contributed by atoms with Gasteiger partial charge in [-0.1, -0.05) is 66.7 Å². The van der Waals surface area contributed by atoms with Crippen LogP contribution in [0.1, 0.15) is 30.0 Å². The Bertz CT molecular complexity index is 2210. The molecule has 48 heavy (non-hydrogen) atoms. The molecule has 0 N–H and O–H groups in total. The van der Waals surface area contributed by atoms with Crippen molar-refractivity contribution < 1.29 is 4.42 Å². The van der Waals surface area contributed by atoms with Gasteiger partial charge in [0.25, 0.3) is 0 Å². The molecule has 5 aromatic rings. The Kier molecular flexibility index (Phi) is 6.01. The molecule has 0 spiro atoms. The molecule has 4 bridgehead atoms. The standard InChI is InChI=1S/C41H38N6O/c1-28-43-18-9-19-44-22-25-46-36-14-7-4-11-31(36)34(27-38(44)46)41-42(2)20-23-47(41)39-30(26-29-10-3-6-13-35(29)45(28)24-21-43)16-17-33-32-12-5-8-15-37(32)48-40(33)39/h3-8,10-17,20-25,27-28,38,41H,9,18-19,26H2,1-2H3. The molecule has 4 aromatic carbocycles. The van der Waals surface area contributed by atoms with E-state index in [4.69, 9.17) is 4.42 Å². The highest BCUT2D eigenvalue weighted by molar-refractivity contribution is 6.10. The van der Waals surface area contributed by atoms with Gasteiger partial charge in [-0.05, 0) is 48.7 Å². The van der Waals surface area contributed by atoms with Crippen LogP contribution in [0.4, 0.5) is 17.1 Å². The molecule has 0 fully saturated rings. The van der Waals surface area contributed by atoms with E-state index in [2.05, 4.69) is 172 Å². The first-order valence-corrected chi connectivity index (χ1v) is 17.1. The molecule has 3 unspecified atom stereocenters. The maximum atomic E-state index is 6.82. The van der Waals surface area contributed by atoms with Crippen molar-refractivity contribution in [2.75, 3.05) is 34.8 Å². The van der Waals surface area contributed by atoms with Crippen molar-refractivity contribution in [2.45, 2.75) is 38.3 Å². The van der Waals surface area contributed by atoms with Gasteiger partial charge in [-0.3, -0.25) is 0 Å². The van der Waals surface area contributed by atoms with Crippen molar-refractivity contribution in [3.8, 4) is 0 Å². The summed E-state index contributed by atoms with van der Waals surface area (Å²) in [5, 5.41) is 2.29. The summed E-state index contributed by atoms with van der Waals surface area (Å²) >= 11 is 0. The number of hydrogen-bond donors (Lipinski definition) is 0. The Labute approximate surface area is 281 Å². The molecular weight excluding hydrogens is 592 g/mol. The molecule has 0 saturated heterocycles. The molecule has 5 aliphatic rings. The van der Waals surface area contributed by atoms with E-state index in [1.54, 1.807) is 0 Å². The van der Waals surface area contributed by atoms with Crippen LogP contribution >= 0.6 is 0 Å². The SMILES string of the molecule is CC1N2C=CN1c1ccccc1Cc1ccc3c(oc4ccccc43)c1N1C=CN(C)C1C1=CC3N(C=CN3c3ccccc31)CCC2. The number of rotatable bonds is 0. The zero-order valence-corrected chi connectivity index (χ0v) is 27.3. The van der Waals surface area contributed by atoms with Crippen LogP contribution in [0, 0.1) is 0 Å². The van der Waals surface area contributed by atoms with Crippen molar-refractivity contribution >= 4 is 44.6 Å². The number of nitrogens with zero attached hydrogens (tertiary/aromatic N) is 6. The van der Waals surface area contributed by atoms with E-state index in [0.29, 0.717) is 0 Å². The second-order valence-corrected chi connectivity index (χ2v) is 13.5. The molecule has 10 rings (SSSR count). The van der Waals surface area contributed by atoms with Crippen molar-refractivity contribution in [1.29, 1.82) is 0 Å². The number of para-hydroxylation sites is 3. The minimum Gasteiger partial charge on any atom is -0.454 e. The Morgan fingerprint density at radius 2 is 1.40 bits per heavy atom. The van der Waals surface area contributed by atoms with Gasteiger partial charge in [0.1, 0.15) is 24.1 Å². The molecular formula is C41H38N6O. The predicted octanol–water partition coefficient (Wildman–Crippen LogP) is 8.09. The van der Waals surface area contributed by atoms with Gasteiger partial charge >= 0.3 is 0 Å². The number of likely N-dealkylation sites (N-methyl/N-ethyl adjacent to an activating group) is 1. The lowest BCUT2D eigenvalue weighted by Gasteiger charge is -2.41. The van der Waals surface area contributed by atoms with Gasteiger partial charge in [0.2, 0.25) is 0 Å². The predicted molar refractivity (Wildman–Crippen MR) is 195 cm³/mol. The molecule has 7 nitrogen and oxygen atoms in total. The lowest BCUT2D eigenvalue weighted by molar-refractivity contribution is 0.276. The Morgan fingerprint density at radius 1 is 0.646 bits per heavy atom. The Morgan fingerprint density at radius 3 is 2.33 bits per heavy atom. The van der Waals surface area contributed by atoms with Gasteiger partial charge in [-0.2, -0.15) is 0 Å². The lowest BCUT2D eigenvalue weighted by Crippen LogP contribution is -2.45. The van der Waals surface area contributed by atoms with E-state index in [9.17, 15) is 0 Å². The molecule has 238 valence electrons. The van der Waals surface area contributed by atoms with Gasteiger partial charge in [0.15, 0.2) is 5.58 Å². The third-order valence-electron chi connectivity index (χ3n) is 10.9. The van der Waals surface area contributed by atoms with Crippen LogP contribution in [0.25, 0.3) is 27.5 Å². The van der Waals surface area contributed by atoms with E-state index in [1.807, 2.05) is 0 Å². The molecule has 3 atom stereocenters. The smallest absolute Gasteiger partial charge is 0.159 e. The fourth-order valence-electron chi connectivity index (χ4n) is 8.52. The minimum absolute atomic E-state index is 0.0481. The van der Waals surface area contributed by atoms with E-state index in [1.165, 1.54) is 33.6 Å². The Hall–Kier alpha value is -5.56. The summed E-state index contributed by atoms with van der Waals surface area (Å²) in [6.07, 6.45) is 18.2. The van der Waals surface area contributed by atoms with E-state index < -0.39 is 0 Å². The van der Waals surface area contributed by atoms with Crippen LogP contribution in [-0.4, -0.2) is 53.3 Å². The van der Waals surface area contributed by atoms with Gasteiger partial charge in [0.05, 0.1) is 11.4 Å². The molecule has 0 amide bonds. The summed E-state index contributed by atoms with van der Waals surface area (Å²) in [6.45, 7) is 4.29. The van der Waals surface area contributed by atoms with Crippen LogP contribution < -0.4 is 14.7 Å². The molecule has 0 saturated carbocycles. The third kappa shape index (κ3) is 4.00. The number of hydrogen-bond acceptors (Lipinski definition) is 7. The number of fused-ring (bicyclic) bond motifs is 15. The van der Waals surface area contributed by atoms with Crippen LogP contribution in [0.5, 0.6) is 0 Å². The maximum absolute atomic E-state index is 6.82. The highest BCUT2D eigenvalue weighted by Crippen LogP contribution is 2.47. The van der Waals surface area contributed by atoms with Gasteiger partial charge in [0, 0.05) is 91.4 Å². The largest absolute Gasteiger partial charge is 0.454 e.